The molecule has 0 saturated carbocycles. The molecule has 1 aliphatic heterocycles. The molecule has 0 amide bonds. The number of benzene rings is 2. The van der Waals surface area contributed by atoms with E-state index in [1.54, 1.807) is 0 Å². The fraction of sp³-hybridized carbons (Fsp3) is 0.250. The van der Waals surface area contributed by atoms with E-state index in [4.69, 9.17) is 9.47 Å². The van der Waals surface area contributed by atoms with Crippen molar-refractivity contribution in [2.24, 2.45) is 0 Å². The Morgan fingerprint density at radius 2 is 1.68 bits per heavy atom. The smallest absolute Gasteiger partial charge is 0.161 e. The van der Waals surface area contributed by atoms with Gasteiger partial charge >= 0.3 is 0 Å². The van der Waals surface area contributed by atoms with Crippen LogP contribution in [0.15, 0.2) is 54.6 Å². The molecule has 0 bridgehead atoms. The highest BCUT2D eigenvalue weighted by atomic mass is 16.6. The maximum Gasteiger partial charge on any atom is 0.161 e. The molecular formula is C16H17NO2. The van der Waals surface area contributed by atoms with Gasteiger partial charge in [0.2, 0.25) is 0 Å². The average Bonchev–Trinajstić information content (AvgIpc) is 2.48. The molecule has 0 spiro atoms. The summed E-state index contributed by atoms with van der Waals surface area (Å²) in [5, 5.41) is 3.40. The van der Waals surface area contributed by atoms with Gasteiger partial charge in [-0.05, 0) is 17.7 Å². The van der Waals surface area contributed by atoms with E-state index in [9.17, 15) is 0 Å². The predicted octanol–water partition coefficient (Wildman–Crippen LogP) is 2.62. The molecule has 2 aromatic carbocycles. The van der Waals surface area contributed by atoms with Gasteiger partial charge in [-0.2, -0.15) is 0 Å². The molecule has 1 heterocycles. The van der Waals surface area contributed by atoms with Crippen molar-refractivity contribution in [3.8, 4) is 11.5 Å². The number of fused-ring (bicyclic) bond motifs is 1. The van der Waals surface area contributed by atoms with E-state index in [2.05, 4.69) is 17.4 Å². The number of rotatable bonds is 4. The van der Waals surface area contributed by atoms with Crippen LogP contribution in [0.2, 0.25) is 0 Å². The zero-order valence-corrected chi connectivity index (χ0v) is 10.7. The van der Waals surface area contributed by atoms with E-state index in [1.165, 1.54) is 5.56 Å². The van der Waals surface area contributed by atoms with Crippen molar-refractivity contribution in [1.29, 1.82) is 0 Å². The Kier molecular flexibility index (Phi) is 3.65. The summed E-state index contributed by atoms with van der Waals surface area (Å²) in [6.45, 7) is 2.23. The Bertz CT molecular complexity index is 527. The highest BCUT2D eigenvalue weighted by Gasteiger charge is 2.19. The lowest BCUT2D eigenvalue weighted by Gasteiger charge is -2.26. The Labute approximate surface area is 113 Å². The molecule has 1 aliphatic rings. The van der Waals surface area contributed by atoms with E-state index < -0.39 is 0 Å². The molecule has 0 aliphatic carbocycles. The van der Waals surface area contributed by atoms with E-state index >= 15 is 0 Å². The quantitative estimate of drug-likeness (QED) is 0.911. The van der Waals surface area contributed by atoms with Crippen molar-refractivity contribution in [2.75, 3.05) is 13.2 Å². The molecule has 0 fully saturated rings. The van der Waals surface area contributed by atoms with Crippen molar-refractivity contribution in [1.82, 2.24) is 5.32 Å². The molecule has 0 aromatic heterocycles. The molecule has 0 radical (unpaired) electrons. The molecule has 1 atom stereocenters. The van der Waals surface area contributed by atoms with E-state index in [1.807, 2.05) is 42.5 Å². The van der Waals surface area contributed by atoms with E-state index in [0.29, 0.717) is 6.61 Å². The van der Waals surface area contributed by atoms with Crippen LogP contribution in [-0.4, -0.2) is 19.3 Å². The maximum atomic E-state index is 5.88. The third-order valence-corrected chi connectivity index (χ3v) is 3.11. The summed E-state index contributed by atoms with van der Waals surface area (Å²) in [6, 6.07) is 18.1. The Balaban J connectivity index is 1.50. The standard InChI is InChI=1S/C16H17NO2/c1-2-6-13(7-3-1)10-17-11-14-12-18-15-8-4-5-9-16(15)19-14/h1-9,14,17H,10-12H2/t14-/m0/s1. The highest BCUT2D eigenvalue weighted by molar-refractivity contribution is 5.40. The third kappa shape index (κ3) is 3.06. The summed E-state index contributed by atoms with van der Waals surface area (Å²) >= 11 is 0. The van der Waals surface area contributed by atoms with E-state index in [-0.39, 0.29) is 6.10 Å². The number of hydrogen-bond donors (Lipinski definition) is 1. The lowest BCUT2D eigenvalue weighted by atomic mass is 10.2. The monoisotopic (exact) mass is 255 g/mol. The van der Waals surface area contributed by atoms with Crippen LogP contribution in [0.5, 0.6) is 11.5 Å². The molecule has 3 nitrogen and oxygen atoms in total. The van der Waals surface area contributed by atoms with Crippen LogP contribution in [0.4, 0.5) is 0 Å². The fourth-order valence-corrected chi connectivity index (χ4v) is 2.14. The molecule has 1 N–H and O–H groups in total. The van der Waals surface area contributed by atoms with Gasteiger partial charge in [0.15, 0.2) is 11.5 Å². The maximum absolute atomic E-state index is 5.88. The number of ether oxygens (including phenoxy) is 2. The van der Waals surface area contributed by atoms with Gasteiger partial charge < -0.3 is 14.8 Å². The van der Waals surface area contributed by atoms with Crippen LogP contribution in [0.3, 0.4) is 0 Å². The van der Waals surface area contributed by atoms with Crippen molar-refractivity contribution in [3.63, 3.8) is 0 Å². The molecule has 3 rings (SSSR count). The normalized spacial score (nSPS) is 17.2. The summed E-state index contributed by atoms with van der Waals surface area (Å²) in [7, 11) is 0. The van der Waals surface area contributed by atoms with Crippen LogP contribution in [0.1, 0.15) is 5.56 Å². The second-order valence-corrected chi connectivity index (χ2v) is 4.61. The first kappa shape index (κ1) is 12.1. The second-order valence-electron chi connectivity index (χ2n) is 4.61. The minimum Gasteiger partial charge on any atom is -0.486 e. The zero-order chi connectivity index (χ0) is 12.9. The van der Waals surface area contributed by atoms with Crippen LogP contribution in [-0.2, 0) is 6.54 Å². The summed E-state index contributed by atoms with van der Waals surface area (Å²) in [5.74, 6) is 1.67. The SMILES string of the molecule is c1ccc(CNC[C@H]2COc3ccccc3O2)cc1. The molecule has 19 heavy (non-hydrogen) atoms. The van der Waals surface area contributed by atoms with Crippen molar-refractivity contribution >= 4 is 0 Å². The summed E-state index contributed by atoms with van der Waals surface area (Å²) in [5.41, 5.74) is 1.28. The minimum atomic E-state index is 0.0682. The van der Waals surface area contributed by atoms with Gasteiger partial charge in [-0.25, -0.2) is 0 Å². The van der Waals surface area contributed by atoms with Gasteiger partial charge in [0.05, 0.1) is 0 Å². The lowest BCUT2D eigenvalue weighted by molar-refractivity contribution is 0.0902. The number of hydrogen-bond acceptors (Lipinski definition) is 3. The van der Waals surface area contributed by atoms with E-state index in [0.717, 1.165) is 24.6 Å². The largest absolute Gasteiger partial charge is 0.486 e. The highest BCUT2D eigenvalue weighted by Crippen LogP contribution is 2.30. The first-order chi connectivity index (χ1) is 9.42. The van der Waals surface area contributed by atoms with Gasteiger partial charge in [-0.3, -0.25) is 0 Å². The molecule has 0 saturated heterocycles. The van der Waals surface area contributed by atoms with Gasteiger partial charge in [-0.15, -0.1) is 0 Å². The average molecular weight is 255 g/mol. The molecule has 2 aromatic rings. The first-order valence-electron chi connectivity index (χ1n) is 6.55. The van der Waals surface area contributed by atoms with Crippen molar-refractivity contribution < 1.29 is 9.47 Å². The van der Waals surface area contributed by atoms with Crippen LogP contribution in [0, 0.1) is 0 Å². The minimum absolute atomic E-state index is 0.0682. The topological polar surface area (TPSA) is 30.5 Å². The first-order valence-corrected chi connectivity index (χ1v) is 6.55. The predicted molar refractivity (Wildman–Crippen MR) is 74.5 cm³/mol. The Morgan fingerprint density at radius 3 is 2.53 bits per heavy atom. The second kappa shape index (κ2) is 5.76. The van der Waals surface area contributed by atoms with Crippen LogP contribution < -0.4 is 14.8 Å². The molecule has 3 heteroatoms. The van der Waals surface area contributed by atoms with Crippen LogP contribution in [0.25, 0.3) is 0 Å². The van der Waals surface area contributed by atoms with Crippen molar-refractivity contribution in [3.05, 3.63) is 60.2 Å². The third-order valence-electron chi connectivity index (χ3n) is 3.11. The summed E-state index contributed by atoms with van der Waals surface area (Å²) < 4.78 is 11.6. The summed E-state index contributed by atoms with van der Waals surface area (Å²) in [6.07, 6.45) is 0.0682. The van der Waals surface area contributed by atoms with Gasteiger partial charge in [-0.1, -0.05) is 42.5 Å². The Morgan fingerprint density at radius 1 is 0.947 bits per heavy atom. The Hall–Kier alpha value is -2.00. The van der Waals surface area contributed by atoms with Gasteiger partial charge in [0.1, 0.15) is 12.7 Å². The number of para-hydroxylation sites is 2. The molecule has 98 valence electrons. The fourth-order valence-electron chi connectivity index (χ4n) is 2.14. The summed E-state index contributed by atoms with van der Waals surface area (Å²) in [4.78, 5) is 0. The zero-order valence-electron chi connectivity index (χ0n) is 10.7. The van der Waals surface area contributed by atoms with Crippen molar-refractivity contribution in [2.45, 2.75) is 12.6 Å². The van der Waals surface area contributed by atoms with Gasteiger partial charge in [0, 0.05) is 13.1 Å². The molecule has 0 unspecified atom stereocenters. The van der Waals surface area contributed by atoms with Gasteiger partial charge in [0.25, 0.3) is 0 Å². The lowest BCUT2D eigenvalue weighted by Crippen LogP contribution is -2.38. The van der Waals surface area contributed by atoms with Crippen LogP contribution >= 0.6 is 0 Å². The molecular weight excluding hydrogens is 238 g/mol. The number of nitrogens with one attached hydrogen (secondary N) is 1.